The van der Waals surface area contributed by atoms with E-state index in [9.17, 15) is 0 Å². The average molecular weight is 211 g/mol. The lowest BCUT2D eigenvalue weighted by molar-refractivity contribution is 0.340. The van der Waals surface area contributed by atoms with Gasteiger partial charge >= 0.3 is 0 Å². The predicted molar refractivity (Wildman–Crippen MR) is 59.2 cm³/mol. The van der Waals surface area contributed by atoms with E-state index in [0.717, 1.165) is 18.2 Å². The quantitative estimate of drug-likeness (QED) is 0.692. The summed E-state index contributed by atoms with van der Waals surface area (Å²) in [6.07, 6.45) is 1.25. The van der Waals surface area contributed by atoms with E-state index in [4.69, 9.17) is 16.3 Å². The van der Waals surface area contributed by atoms with Crippen LogP contribution in [0.15, 0.2) is 24.3 Å². The second-order valence-corrected chi connectivity index (χ2v) is 4.07. The third kappa shape index (κ3) is 2.03. The van der Waals surface area contributed by atoms with Gasteiger partial charge < -0.3 is 4.74 Å². The van der Waals surface area contributed by atoms with Gasteiger partial charge in [-0.1, -0.05) is 12.1 Å². The first-order valence-corrected chi connectivity index (χ1v) is 5.67. The highest BCUT2D eigenvalue weighted by atomic mass is 35.5. The number of benzene rings is 1. The molecule has 1 aromatic carbocycles. The zero-order valence-corrected chi connectivity index (χ0v) is 9.13. The second kappa shape index (κ2) is 4.22. The molecule has 1 aliphatic carbocycles. The molecule has 1 aromatic rings. The maximum atomic E-state index is 5.80. The molecule has 1 fully saturated rings. The van der Waals surface area contributed by atoms with Crippen molar-refractivity contribution in [2.45, 2.75) is 19.3 Å². The van der Waals surface area contributed by atoms with Crippen LogP contribution < -0.4 is 4.74 Å². The summed E-state index contributed by atoms with van der Waals surface area (Å²) in [4.78, 5) is 0. The Morgan fingerprint density at radius 3 is 2.57 bits per heavy atom. The van der Waals surface area contributed by atoms with Crippen molar-refractivity contribution < 1.29 is 4.74 Å². The number of rotatable bonds is 4. The molecule has 0 N–H and O–H groups in total. The van der Waals surface area contributed by atoms with Crippen molar-refractivity contribution in [2.75, 3.05) is 12.5 Å². The molecule has 14 heavy (non-hydrogen) atoms. The SMILES string of the molecule is CCOc1ccc(C2CC2CCl)cc1. The summed E-state index contributed by atoms with van der Waals surface area (Å²) in [5.41, 5.74) is 1.40. The fourth-order valence-corrected chi connectivity index (χ4v) is 2.15. The minimum absolute atomic E-state index is 0.697. The van der Waals surface area contributed by atoms with Crippen molar-refractivity contribution in [1.82, 2.24) is 0 Å². The summed E-state index contributed by atoms with van der Waals surface area (Å²) in [7, 11) is 0. The predicted octanol–water partition coefficient (Wildman–Crippen LogP) is 3.43. The van der Waals surface area contributed by atoms with E-state index in [0.29, 0.717) is 11.8 Å². The Labute approximate surface area is 90.0 Å². The molecule has 0 bridgehead atoms. The minimum Gasteiger partial charge on any atom is -0.494 e. The van der Waals surface area contributed by atoms with Gasteiger partial charge in [0.05, 0.1) is 6.61 Å². The lowest BCUT2D eigenvalue weighted by atomic mass is 10.1. The van der Waals surface area contributed by atoms with Crippen molar-refractivity contribution in [2.24, 2.45) is 5.92 Å². The zero-order valence-electron chi connectivity index (χ0n) is 8.37. The molecule has 1 saturated carbocycles. The molecule has 0 heterocycles. The van der Waals surface area contributed by atoms with Gasteiger partial charge in [-0.3, -0.25) is 0 Å². The number of alkyl halides is 1. The van der Waals surface area contributed by atoms with Crippen molar-refractivity contribution in [3.8, 4) is 5.75 Å². The van der Waals surface area contributed by atoms with Crippen molar-refractivity contribution in [1.29, 1.82) is 0 Å². The summed E-state index contributed by atoms with van der Waals surface area (Å²) in [6, 6.07) is 8.40. The highest BCUT2D eigenvalue weighted by Gasteiger charge is 2.37. The van der Waals surface area contributed by atoms with E-state index in [2.05, 4.69) is 12.1 Å². The highest BCUT2D eigenvalue weighted by molar-refractivity contribution is 6.18. The van der Waals surface area contributed by atoms with Gasteiger partial charge in [-0.05, 0) is 42.9 Å². The number of hydrogen-bond donors (Lipinski definition) is 0. The van der Waals surface area contributed by atoms with E-state index < -0.39 is 0 Å². The van der Waals surface area contributed by atoms with E-state index in [1.54, 1.807) is 0 Å². The fraction of sp³-hybridized carbons (Fsp3) is 0.500. The second-order valence-electron chi connectivity index (χ2n) is 3.76. The molecular formula is C12H15ClO. The van der Waals surface area contributed by atoms with Crippen LogP contribution in [0.5, 0.6) is 5.75 Å². The van der Waals surface area contributed by atoms with Crippen LogP contribution >= 0.6 is 11.6 Å². The number of hydrogen-bond acceptors (Lipinski definition) is 1. The lowest BCUT2D eigenvalue weighted by Gasteiger charge is -2.04. The van der Waals surface area contributed by atoms with Crippen LogP contribution in [-0.2, 0) is 0 Å². The Morgan fingerprint density at radius 2 is 2.07 bits per heavy atom. The molecular weight excluding hydrogens is 196 g/mol. The molecule has 1 nitrogen and oxygen atoms in total. The molecule has 2 rings (SSSR count). The molecule has 1 aliphatic rings. The summed E-state index contributed by atoms with van der Waals surface area (Å²) in [5.74, 6) is 3.15. The highest BCUT2D eigenvalue weighted by Crippen LogP contribution is 2.48. The van der Waals surface area contributed by atoms with Gasteiger partial charge in [0.1, 0.15) is 5.75 Å². The summed E-state index contributed by atoms with van der Waals surface area (Å²) in [6.45, 7) is 2.73. The molecule has 2 unspecified atom stereocenters. The standard InChI is InChI=1S/C12H15ClO/c1-2-14-11-5-3-9(4-6-11)12-7-10(12)8-13/h3-6,10,12H,2,7-8H2,1H3. The molecule has 0 radical (unpaired) electrons. The molecule has 2 heteroatoms. The van der Waals surface area contributed by atoms with E-state index >= 15 is 0 Å². The Hall–Kier alpha value is -0.690. The van der Waals surface area contributed by atoms with Gasteiger partial charge in [-0.2, -0.15) is 0 Å². The summed E-state index contributed by atoms with van der Waals surface area (Å²) >= 11 is 5.80. The van der Waals surface area contributed by atoms with E-state index in [1.807, 2.05) is 19.1 Å². The monoisotopic (exact) mass is 210 g/mol. The van der Waals surface area contributed by atoms with Gasteiger partial charge in [0.15, 0.2) is 0 Å². The van der Waals surface area contributed by atoms with Crippen LogP contribution in [0, 0.1) is 5.92 Å². The first-order valence-electron chi connectivity index (χ1n) is 5.14. The summed E-state index contributed by atoms with van der Waals surface area (Å²) in [5, 5.41) is 0. The Balaban J connectivity index is 2.00. The molecule has 76 valence electrons. The van der Waals surface area contributed by atoms with Gasteiger partial charge in [0, 0.05) is 5.88 Å². The van der Waals surface area contributed by atoms with Crippen LogP contribution in [0.25, 0.3) is 0 Å². The topological polar surface area (TPSA) is 9.23 Å². The van der Waals surface area contributed by atoms with E-state index in [1.165, 1.54) is 12.0 Å². The van der Waals surface area contributed by atoms with Gasteiger partial charge in [-0.25, -0.2) is 0 Å². The number of ether oxygens (including phenoxy) is 1. The fourth-order valence-electron chi connectivity index (χ4n) is 1.80. The maximum absolute atomic E-state index is 5.80. The Kier molecular flexibility index (Phi) is 2.97. The van der Waals surface area contributed by atoms with Crippen LogP contribution in [-0.4, -0.2) is 12.5 Å². The molecule has 0 aromatic heterocycles. The third-order valence-corrected chi connectivity index (χ3v) is 3.14. The summed E-state index contributed by atoms with van der Waals surface area (Å²) < 4.78 is 5.39. The van der Waals surface area contributed by atoms with Crippen LogP contribution in [0.3, 0.4) is 0 Å². The normalized spacial score (nSPS) is 24.7. The molecule has 0 aliphatic heterocycles. The van der Waals surface area contributed by atoms with Gasteiger partial charge in [0.2, 0.25) is 0 Å². The van der Waals surface area contributed by atoms with Gasteiger partial charge in [0.25, 0.3) is 0 Å². The third-order valence-electron chi connectivity index (χ3n) is 2.74. The van der Waals surface area contributed by atoms with Crippen LogP contribution in [0.4, 0.5) is 0 Å². The van der Waals surface area contributed by atoms with Gasteiger partial charge in [-0.15, -0.1) is 11.6 Å². The molecule has 0 spiro atoms. The smallest absolute Gasteiger partial charge is 0.119 e. The van der Waals surface area contributed by atoms with Crippen molar-refractivity contribution in [3.05, 3.63) is 29.8 Å². The van der Waals surface area contributed by atoms with Crippen LogP contribution in [0.1, 0.15) is 24.8 Å². The first kappa shape index (κ1) is 9.85. The Morgan fingerprint density at radius 1 is 1.36 bits per heavy atom. The Bertz CT molecular complexity index is 294. The molecule has 0 amide bonds. The van der Waals surface area contributed by atoms with E-state index in [-0.39, 0.29) is 0 Å². The first-order chi connectivity index (χ1) is 6.85. The largest absolute Gasteiger partial charge is 0.494 e. The minimum atomic E-state index is 0.697. The molecule has 2 atom stereocenters. The van der Waals surface area contributed by atoms with Crippen molar-refractivity contribution in [3.63, 3.8) is 0 Å². The molecule has 0 saturated heterocycles. The van der Waals surface area contributed by atoms with Crippen molar-refractivity contribution >= 4 is 11.6 Å². The number of halogens is 1. The van der Waals surface area contributed by atoms with Crippen LogP contribution in [0.2, 0.25) is 0 Å². The lowest BCUT2D eigenvalue weighted by Crippen LogP contribution is -1.91. The maximum Gasteiger partial charge on any atom is 0.119 e. The zero-order chi connectivity index (χ0) is 9.97. The average Bonchev–Trinajstić information content (AvgIpc) is 2.99.